The minimum Gasteiger partial charge on any atom is -0.497 e. The number of rotatable bonds is 3. The number of hydrogen-bond acceptors (Lipinski definition) is 3. The van der Waals surface area contributed by atoms with Gasteiger partial charge in [0.2, 0.25) is 0 Å². The molecule has 5 rings (SSSR count). The lowest BCUT2D eigenvalue weighted by molar-refractivity contribution is 0.00897. The van der Waals surface area contributed by atoms with Crippen molar-refractivity contribution >= 4 is 0 Å². The molecule has 3 nitrogen and oxygen atoms in total. The average molecular weight is 326 g/mol. The first-order chi connectivity index (χ1) is 11.8. The number of likely N-dealkylation sites (tertiary alicyclic amines) is 1. The number of fused-ring (bicyclic) bond motifs is 1. The largest absolute Gasteiger partial charge is 0.497 e. The molecule has 3 fully saturated rings. The van der Waals surface area contributed by atoms with Crippen molar-refractivity contribution in [3.05, 3.63) is 29.3 Å². The van der Waals surface area contributed by atoms with Gasteiger partial charge >= 0.3 is 0 Å². The summed E-state index contributed by atoms with van der Waals surface area (Å²) < 4.78 is 5.58. The van der Waals surface area contributed by atoms with Crippen LogP contribution in [0.25, 0.3) is 0 Å². The van der Waals surface area contributed by atoms with E-state index in [1.807, 2.05) is 0 Å². The Labute approximate surface area is 145 Å². The van der Waals surface area contributed by atoms with Crippen LogP contribution in [0.2, 0.25) is 0 Å². The Balaban J connectivity index is 1.58. The second kappa shape index (κ2) is 5.74. The summed E-state index contributed by atoms with van der Waals surface area (Å²) in [6.07, 6.45) is 8.15. The van der Waals surface area contributed by atoms with Crippen LogP contribution < -0.4 is 10.1 Å². The lowest BCUT2D eigenvalue weighted by Crippen LogP contribution is -2.60. The molecular formula is C21H30N2O. The summed E-state index contributed by atoms with van der Waals surface area (Å²) in [5.41, 5.74) is 3.60. The third-order valence-corrected chi connectivity index (χ3v) is 7.34. The molecular weight excluding hydrogens is 296 g/mol. The van der Waals surface area contributed by atoms with Crippen LogP contribution in [0, 0.1) is 11.8 Å². The maximum Gasteiger partial charge on any atom is 0.119 e. The van der Waals surface area contributed by atoms with Gasteiger partial charge in [-0.15, -0.1) is 0 Å². The quantitative estimate of drug-likeness (QED) is 0.924. The Morgan fingerprint density at radius 1 is 1.21 bits per heavy atom. The minimum absolute atomic E-state index is 0.385. The second-order valence-electron chi connectivity index (χ2n) is 8.53. The normalized spacial score (nSPS) is 35.7. The molecule has 0 spiro atoms. The highest BCUT2D eigenvalue weighted by Crippen LogP contribution is 2.53. The summed E-state index contributed by atoms with van der Waals surface area (Å²) in [6.45, 7) is 5.02. The van der Waals surface area contributed by atoms with Gasteiger partial charge in [-0.1, -0.05) is 6.07 Å². The summed E-state index contributed by atoms with van der Waals surface area (Å²) in [7, 11) is 1.80. The van der Waals surface area contributed by atoms with Crippen molar-refractivity contribution in [2.24, 2.45) is 11.8 Å². The molecule has 2 bridgehead atoms. The van der Waals surface area contributed by atoms with E-state index in [2.05, 4.69) is 28.4 Å². The molecule has 0 radical (unpaired) electrons. The maximum absolute atomic E-state index is 5.58. The van der Waals surface area contributed by atoms with Crippen LogP contribution in [0.1, 0.15) is 43.2 Å². The lowest BCUT2D eigenvalue weighted by atomic mass is 9.55. The fraction of sp³-hybridized carbons (Fsp3) is 0.714. The predicted molar refractivity (Wildman–Crippen MR) is 96.7 cm³/mol. The molecule has 130 valence electrons. The van der Waals surface area contributed by atoms with E-state index >= 15 is 0 Å². The number of hydrogen-bond donors (Lipinski definition) is 1. The Bertz CT molecular complexity index is 626. The molecule has 0 aromatic heterocycles. The van der Waals surface area contributed by atoms with Gasteiger partial charge in [0.15, 0.2) is 0 Å². The summed E-state index contributed by atoms with van der Waals surface area (Å²) in [5.74, 6) is 2.86. The molecule has 0 amide bonds. The van der Waals surface area contributed by atoms with Gasteiger partial charge in [-0.2, -0.15) is 0 Å². The van der Waals surface area contributed by atoms with Gasteiger partial charge in [0.05, 0.1) is 7.11 Å². The average Bonchev–Trinajstić information content (AvgIpc) is 3.43. The van der Waals surface area contributed by atoms with E-state index in [1.165, 1.54) is 64.7 Å². The molecule has 2 saturated heterocycles. The van der Waals surface area contributed by atoms with Gasteiger partial charge in [-0.3, -0.25) is 4.90 Å². The Kier molecular flexibility index (Phi) is 3.64. The van der Waals surface area contributed by atoms with E-state index in [-0.39, 0.29) is 0 Å². The zero-order chi connectivity index (χ0) is 16.1. The van der Waals surface area contributed by atoms with Gasteiger partial charge in [-0.05, 0) is 93.3 Å². The SMILES string of the molecule is COc1ccc2c(c1)[C@]13CCNCC[C@@H]1[C@@H](C2)N(CC1CC1)CC3. The Morgan fingerprint density at radius 2 is 2.12 bits per heavy atom. The molecule has 1 saturated carbocycles. The molecule has 0 unspecified atom stereocenters. The molecule has 2 aliphatic carbocycles. The first-order valence-corrected chi connectivity index (χ1v) is 9.92. The zero-order valence-electron chi connectivity index (χ0n) is 14.9. The Morgan fingerprint density at radius 3 is 2.96 bits per heavy atom. The van der Waals surface area contributed by atoms with Crippen LogP contribution in [-0.2, 0) is 11.8 Å². The first kappa shape index (κ1) is 15.2. The molecule has 3 atom stereocenters. The lowest BCUT2D eigenvalue weighted by Gasteiger charge is -2.57. The summed E-state index contributed by atoms with van der Waals surface area (Å²) in [6, 6.07) is 7.67. The van der Waals surface area contributed by atoms with E-state index in [0.29, 0.717) is 5.41 Å². The molecule has 4 aliphatic rings. The zero-order valence-corrected chi connectivity index (χ0v) is 14.9. The van der Waals surface area contributed by atoms with E-state index < -0.39 is 0 Å². The summed E-state index contributed by atoms with van der Waals surface area (Å²) in [4.78, 5) is 2.87. The van der Waals surface area contributed by atoms with Crippen LogP contribution >= 0.6 is 0 Å². The van der Waals surface area contributed by atoms with Crippen LogP contribution in [0.5, 0.6) is 5.75 Å². The van der Waals surface area contributed by atoms with Crippen molar-refractivity contribution in [1.29, 1.82) is 0 Å². The van der Waals surface area contributed by atoms with Gasteiger partial charge < -0.3 is 10.1 Å². The van der Waals surface area contributed by atoms with Crippen LogP contribution in [0.15, 0.2) is 18.2 Å². The van der Waals surface area contributed by atoms with Crippen molar-refractivity contribution in [1.82, 2.24) is 10.2 Å². The van der Waals surface area contributed by atoms with Gasteiger partial charge in [0, 0.05) is 18.0 Å². The first-order valence-electron chi connectivity index (χ1n) is 9.92. The molecule has 1 N–H and O–H groups in total. The Hall–Kier alpha value is -1.06. The van der Waals surface area contributed by atoms with Gasteiger partial charge in [0.25, 0.3) is 0 Å². The van der Waals surface area contributed by atoms with E-state index in [0.717, 1.165) is 23.6 Å². The van der Waals surface area contributed by atoms with Crippen LogP contribution in [0.3, 0.4) is 0 Å². The summed E-state index contributed by atoms with van der Waals surface area (Å²) in [5, 5.41) is 3.69. The van der Waals surface area contributed by atoms with Crippen molar-refractivity contribution in [2.75, 3.05) is 33.3 Å². The number of nitrogens with one attached hydrogen (secondary N) is 1. The molecule has 3 heteroatoms. The number of ether oxygens (including phenoxy) is 1. The second-order valence-corrected chi connectivity index (χ2v) is 8.53. The maximum atomic E-state index is 5.58. The molecule has 2 heterocycles. The van der Waals surface area contributed by atoms with Crippen LogP contribution in [0.4, 0.5) is 0 Å². The van der Waals surface area contributed by atoms with E-state index in [4.69, 9.17) is 4.74 Å². The van der Waals surface area contributed by atoms with Crippen molar-refractivity contribution in [3.8, 4) is 5.75 Å². The fourth-order valence-electron chi connectivity index (χ4n) is 5.94. The molecule has 1 aromatic carbocycles. The van der Waals surface area contributed by atoms with Crippen molar-refractivity contribution < 1.29 is 4.74 Å². The third kappa shape index (κ3) is 2.32. The fourth-order valence-corrected chi connectivity index (χ4v) is 5.94. The van der Waals surface area contributed by atoms with Gasteiger partial charge in [-0.25, -0.2) is 0 Å². The highest BCUT2D eigenvalue weighted by Gasteiger charge is 2.53. The van der Waals surface area contributed by atoms with Crippen molar-refractivity contribution in [3.63, 3.8) is 0 Å². The number of methoxy groups -OCH3 is 1. The number of benzene rings is 1. The topological polar surface area (TPSA) is 24.5 Å². The van der Waals surface area contributed by atoms with E-state index in [1.54, 1.807) is 18.2 Å². The van der Waals surface area contributed by atoms with E-state index in [9.17, 15) is 0 Å². The highest BCUT2D eigenvalue weighted by molar-refractivity contribution is 5.45. The summed E-state index contributed by atoms with van der Waals surface area (Å²) >= 11 is 0. The third-order valence-electron chi connectivity index (χ3n) is 7.34. The molecule has 2 aliphatic heterocycles. The molecule has 1 aromatic rings. The highest BCUT2D eigenvalue weighted by atomic mass is 16.5. The van der Waals surface area contributed by atoms with Gasteiger partial charge in [0.1, 0.15) is 5.75 Å². The van der Waals surface area contributed by atoms with Crippen LogP contribution in [-0.4, -0.2) is 44.2 Å². The standard InChI is InChI=1S/C21H30N2O/c1-24-17-5-4-16-12-20-18-6-9-22-10-7-21(18,19(16)13-17)8-11-23(20)14-15-2-3-15/h4-5,13,15,18,20,22H,2-3,6-12,14H2,1H3/t18-,20-,21+/m1/s1. The molecule has 24 heavy (non-hydrogen) atoms. The predicted octanol–water partition coefficient (Wildman–Crippen LogP) is 2.97. The number of nitrogens with zero attached hydrogens (tertiary/aromatic N) is 1. The number of piperidine rings is 1. The monoisotopic (exact) mass is 326 g/mol. The minimum atomic E-state index is 0.385. The smallest absolute Gasteiger partial charge is 0.119 e. The van der Waals surface area contributed by atoms with Crippen molar-refractivity contribution in [2.45, 2.75) is 50.0 Å².